The molecule has 0 amide bonds. The van der Waals surface area contributed by atoms with Gasteiger partial charge in [0.1, 0.15) is 23.0 Å². The molecule has 0 saturated carbocycles. The first-order chi connectivity index (χ1) is 54.5. The standard InChI is InChI=1S/C102H62N6O2/c1-3-26-66(27-4-1)95-103-97(106-99(105-95)73-60-51-63-25-7-8-30-70(63)61-73)68-56-52-65(53-57-68)77-40-24-48-89-94(77)110-91-50-20-18-45-86(91)102(89)84-43-16-13-37-81(84)92-75(38-22-46-87(92)102)72-32-21-31-71(62-72)74-33-9-10-36-80(74)100-107-96(67-28-5-2-6-29-67)104-98(108-100)69-58-54-64(55-59-69)76-39-23-47-88-93(76)109-90-49-19-17-44-85(90)101(88)82-41-14-11-34-78(82)79-35-12-15-42-83(79)101/h1-62H. The van der Waals surface area contributed by atoms with E-state index in [1.807, 2.05) is 48.5 Å². The fraction of sp³-hybridized carbons (Fsp3) is 0.0196. The van der Waals surface area contributed by atoms with Crippen molar-refractivity contribution in [2.24, 2.45) is 0 Å². The maximum absolute atomic E-state index is 7.27. The Morgan fingerprint density at radius 3 is 1.04 bits per heavy atom. The highest BCUT2D eigenvalue weighted by molar-refractivity contribution is 5.99. The molecule has 2 aromatic heterocycles. The van der Waals surface area contributed by atoms with E-state index in [-0.39, 0.29) is 0 Å². The lowest BCUT2D eigenvalue weighted by molar-refractivity contribution is 0.438. The molecule has 1 atom stereocenters. The van der Waals surface area contributed by atoms with Crippen LogP contribution >= 0.6 is 0 Å². The minimum atomic E-state index is -0.751. The number of nitrogens with zero attached hydrogens (tertiary/aromatic N) is 6. The zero-order valence-corrected chi connectivity index (χ0v) is 59.3. The molecule has 16 aromatic carbocycles. The van der Waals surface area contributed by atoms with Crippen LogP contribution in [0.2, 0.25) is 0 Å². The highest BCUT2D eigenvalue weighted by Crippen LogP contribution is 2.66. The monoisotopic (exact) mass is 1400 g/mol. The molecule has 8 heteroatoms. The van der Waals surface area contributed by atoms with Crippen molar-refractivity contribution in [3.63, 3.8) is 0 Å². The molecule has 2 aliphatic heterocycles. The van der Waals surface area contributed by atoms with E-state index in [9.17, 15) is 0 Å². The predicted molar refractivity (Wildman–Crippen MR) is 440 cm³/mol. The average molecular weight is 1400 g/mol. The zero-order valence-electron chi connectivity index (χ0n) is 59.3. The minimum Gasteiger partial charge on any atom is -0.456 e. The quantitative estimate of drug-likeness (QED) is 0.134. The SMILES string of the molecule is c1ccc(-c2nc(-c3ccc(-c4cccc5c4Oc4ccccc4C54c5ccccc5-c5c(-c6cccc(-c7ccccc7-c7nc(-c8ccccc8)nc(-c8ccc(-c9cccc%10c9Oc9ccccc9C%109c%10ccccc%10-c%10ccccc%109)cc8)n7)c6)cccc54)cc3)nc(-c3ccc4ccccc4c3)n2)cc1. The molecule has 22 rings (SSSR count). The fourth-order valence-electron chi connectivity index (χ4n) is 17.9. The molecule has 18 aromatic rings. The number of hydrogen-bond acceptors (Lipinski definition) is 8. The van der Waals surface area contributed by atoms with Crippen molar-refractivity contribution < 1.29 is 9.47 Å². The Morgan fingerprint density at radius 1 is 0.173 bits per heavy atom. The number of fused-ring (bicyclic) bond motifs is 19. The van der Waals surface area contributed by atoms with E-state index in [1.54, 1.807) is 0 Å². The van der Waals surface area contributed by atoms with Crippen LogP contribution in [0.1, 0.15) is 44.5 Å². The van der Waals surface area contributed by atoms with E-state index in [4.69, 9.17) is 39.4 Å². The van der Waals surface area contributed by atoms with Gasteiger partial charge in [-0.1, -0.05) is 352 Å². The van der Waals surface area contributed by atoms with Crippen molar-refractivity contribution >= 4 is 10.8 Å². The van der Waals surface area contributed by atoms with E-state index in [1.165, 1.54) is 44.5 Å². The molecule has 0 N–H and O–H groups in total. The van der Waals surface area contributed by atoms with Gasteiger partial charge in [-0.3, -0.25) is 0 Å². The zero-order chi connectivity index (χ0) is 72.4. The van der Waals surface area contributed by atoms with E-state index in [0.717, 1.165) is 134 Å². The van der Waals surface area contributed by atoms with Gasteiger partial charge in [0.05, 0.1) is 10.8 Å². The first-order valence-electron chi connectivity index (χ1n) is 37.3. The van der Waals surface area contributed by atoms with Gasteiger partial charge in [-0.05, 0) is 113 Å². The van der Waals surface area contributed by atoms with E-state index >= 15 is 0 Å². The topological polar surface area (TPSA) is 95.8 Å². The first kappa shape index (κ1) is 62.7. The molecule has 8 nitrogen and oxygen atoms in total. The number of para-hydroxylation sites is 4. The molecule has 0 radical (unpaired) electrons. The second-order valence-electron chi connectivity index (χ2n) is 28.6. The van der Waals surface area contributed by atoms with Crippen LogP contribution in [0.3, 0.4) is 0 Å². The summed E-state index contributed by atoms with van der Waals surface area (Å²) >= 11 is 0. The third-order valence-corrected chi connectivity index (χ3v) is 22.8. The number of aromatic nitrogens is 6. The Bertz CT molecular complexity index is 6750. The molecule has 110 heavy (non-hydrogen) atoms. The highest BCUT2D eigenvalue weighted by Gasteiger charge is 2.53. The molecule has 1 unspecified atom stereocenters. The highest BCUT2D eigenvalue weighted by atomic mass is 16.5. The lowest BCUT2D eigenvalue weighted by Gasteiger charge is -2.40. The summed E-state index contributed by atoms with van der Waals surface area (Å²) in [6.45, 7) is 0. The van der Waals surface area contributed by atoms with Crippen LogP contribution < -0.4 is 9.47 Å². The van der Waals surface area contributed by atoms with Crippen LogP contribution in [0.5, 0.6) is 23.0 Å². The van der Waals surface area contributed by atoms with Crippen LogP contribution in [0.25, 0.3) is 146 Å². The van der Waals surface area contributed by atoms with Crippen LogP contribution in [0.15, 0.2) is 376 Å². The summed E-state index contributed by atoms with van der Waals surface area (Å²) in [5, 5.41) is 2.28. The van der Waals surface area contributed by atoms with Gasteiger partial charge in [-0.25, -0.2) is 29.9 Å². The van der Waals surface area contributed by atoms with Crippen LogP contribution in [0, 0.1) is 0 Å². The number of ether oxygens (including phenoxy) is 2. The Labute approximate surface area is 635 Å². The molecule has 0 bridgehead atoms. The predicted octanol–water partition coefficient (Wildman–Crippen LogP) is 24.8. The van der Waals surface area contributed by atoms with Gasteiger partial charge in [0, 0.05) is 66.8 Å². The van der Waals surface area contributed by atoms with Gasteiger partial charge in [0.15, 0.2) is 34.9 Å². The second kappa shape index (κ2) is 25.0. The Hall–Kier alpha value is -14.6. The third-order valence-electron chi connectivity index (χ3n) is 22.8. The van der Waals surface area contributed by atoms with Crippen molar-refractivity contribution in [1.29, 1.82) is 0 Å². The molecular formula is C102H62N6O2. The first-order valence-corrected chi connectivity index (χ1v) is 37.3. The average Bonchev–Trinajstić information content (AvgIpc) is 1.50. The fourth-order valence-corrected chi connectivity index (χ4v) is 17.9. The van der Waals surface area contributed by atoms with Gasteiger partial charge in [0.2, 0.25) is 0 Å². The number of rotatable bonds is 10. The summed E-state index contributed by atoms with van der Waals surface area (Å²) in [5.74, 6) is 6.86. The maximum Gasteiger partial charge on any atom is 0.164 e. The minimum absolute atomic E-state index is 0.567. The Morgan fingerprint density at radius 2 is 0.500 bits per heavy atom. The molecule has 0 fully saturated rings. The molecule has 2 spiro atoms. The largest absolute Gasteiger partial charge is 0.456 e. The smallest absolute Gasteiger partial charge is 0.164 e. The van der Waals surface area contributed by atoms with Gasteiger partial charge in [-0.2, -0.15) is 0 Å². The molecule has 512 valence electrons. The normalized spacial score (nSPS) is 14.1. The molecule has 4 heterocycles. The van der Waals surface area contributed by atoms with Crippen molar-refractivity contribution in [3.05, 3.63) is 421 Å². The lowest BCUT2D eigenvalue weighted by atomic mass is 9.65. The Kier molecular flexibility index (Phi) is 14.3. The molecule has 0 saturated heterocycles. The summed E-state index contributed by atoms with van der Waals surface area (Å²) in [6, 6.07) is 134. The second-order valence-corrected chi connectivity index (χ2v) is 28.6. The lowest BCUT2D eigenvalue weighted by Crippen LogP contribution is -2.32. The number of benzene rings is 16. The summed E-state index contributed by atoms with van der Waals surface area (Å²) in [5.41, 5.74) is 26.4. The van der Waals surface area contributed by atoms with Crippen LogP contribution in [-0.2, 0) is 10.8 Å². The maximum atomic E-state index is 7.27. The van der Waals surface area contributed by atoms with E-state index in [2.05, 4.69) is 328 Å². The van der Waals surface area contributed by atoms with Gasteiger partial charge in [-0.15, -0.1) is 0 Å². The van der Waals surface area contributed by atoms with Crippen LogP contribution in [0.4, 0.5) is 0 Å². The molecular weight excluding hydrogens is 1340 g/mol. The summed E-state index contributed by atoms with van der Waals surface area (Å²) in [7, 11) is 0. The third kappa shape index (κ3) is 9.65. The van der Waals surface area contributed by atoms with Gasteiger partial charge >= 0.3 is 0 Å². The van der Waals surface area contributed by atoms with E-state index < -0.39 is 10.8 Å². The van der Waals surface area contributed by atoms with Gasteiger partial charge < -0.3 is 9.47 Å². The van der Waals surface area contributed by atoms with Crippen molar-refractivity contribution in [2.45, 2.75) is 10.8 Å². The number of hydrogen-bond donors (Lipinski definition) is 0. The molecule has 4 aliphatic rings. The van der Waals surface area contributed by atoms with E-state index in [0.29, 0.717) is 34.9 Å². The van der Waals surface area contributed by atoms with Crippen molar-refractivity contribution in [1.82, 2.24) is 29.9 Å². The van der Waals surface area contributed by atoms with Crippen molar-refractivity contribution in [3.8, 4) is 158 Å². The Balaban J connectivity index is 0.626. The van der Waals surface area contributed by atoms with Crippen LogP contribution in [-0.4, -0.2) is 29.9 Å². The summed E-state index contributed by atoms with van der Waals surface area (Å²) < 4.78 is 14.4. The summed E-state index contributed by atoms with van der Waals surface area (Å²) in [4.78, 5) is 31.4. The van der Waals surface area contributed by atoms with Crippen molar-refractivity contribution in [2.75, 3.05) is 0 Å². The summed E-state index contributed by atoms with van der Waals surface area (Å²) in [6.07, 6.45) is 0. The molecule has 2 aliphatic carbocycles. The van der Waals surface area contributed by atoms with Gasteiger partial charge in [0.25, 0.3) is 0 Å².